The van der Waals surface area contributed by atoms with Gasteiger partial charge in [-0.25, -0.2) is 12.7 Å². The van der Waals surface area contributed by atoms with Gasteiger partial charge in [-0.15, -0.1) is 0 Å². The van der Waals surface area contributed by atoms with Gasteiger partial charge in [-0.2, -0.15) is 5.10 Å². The van der Waals surface area contributed by atoms with Crippen LogP contribution in [0.1, 0.15) is 24.5 Å². The molecule has 0 bridgehead atoms. The number of aryl methyl sites for hydroxylation is 3. The molecule has 21 heavy (non-hydrogen) atoms. The largest absolute Gasteiger partial charge is 0.265 e. The second kappa shape index (κ2) is 5.18. The molecule has 2 heterocycles. The molecule has 3 rings (SSSR count). The lowest BCUT2D eigenvalue weighted by atomic mass is 10.1. The molecule has 1 aromatic heterocycles. The van der Waals surface area contributed by atoms with Crippen molar-refractivity contribution in [2.75, 3.05) is 10.8 Å². The summed E-state index contributed by atoms with van der Waals surface area (Å²) in [5.74, 6) is 0.695. The van der Waals surface area contributed by atoms with E-state index in [-0.39, 0.29) is 0 Å². The highest BCUT2D eigenvalue weighted by Gasteiger charge is 2.31. The number of anilines is 1. The van der Waals surface area contributed by atoms with Gasteiger partial charge in [0.1, 0.15) is 5.82 Å². The van der Waals surface area contributed by atoms with Crippen molar-refractivity contribution in [1.82, 2.24) is 9.78 Å². The van der Waals surface area contributed by atoms with Crippen LogP contribution < -0.4 is 4.31 Å². The van der Waals surface area contributed by atoms with Gasteiger partial charge in [0.15, 0.2) is 0 Å². The first-order chi connectivity index (χ1) is 10.0. The first-order valence-corrected chi connectivity index (χ1v) is 8.60. The van der Waals surface area contributed by atoms with Crippen LogP contribution in [0.3, 0.4) is 0 Å². The number of aromatic nitrogens is 2. The molecular weight excluding hydrogens is 286 g/mol. The Bertz CT molecular complexity index is 748. The van der Waals surface area contributed by atoms with Crippen LogP contribution in [-0.4, -0.2) is 24.7 Å². The Balaban J connectivity index is 2.04. The SMILES string of the molecule is CCc1ccc(S(=O)(=O)N2CCCc3cnn(C)c32)cc1. The van der Waals surface area contributed by atoms with Crippen molar-refractivity contribution < 1.29 is 8.42 Å². The molecule has 0 fully saturated rings. The molecule has 0 spiro atoms. The van der Waals surface area contributed by atoms with Crippen molar-refractivity contribution in [3.05, 3.63) is 41.6 Å². The molecule has 1 aliphatic rings. The van der Waals surface area contributed by atoms with Gasteiger partial charge in [0.25, 0.3) is 10.0 Å². The van der Waals surface area contributed by atoms with Crippen LogP contribution in [0.25, 0.3) is 0 Å². The first-order valence-electron chi connectivity index (χ1n) is 7.16. The van der Waals surface area contributed by atoms with Crippen molar-refractivity contribution >= 4 is 15.8 Å². The Morgan fingerprint density at radius 1 is 1.24 bits per heavy atom. The highest BCUT2D eigenvalue weighted by Crippen LogP contribution is 2.31. The van der Waals surface area contributed by atoms with E-state index in [0.29, 0.717) is 17.3 Å². The Morgan fingerprint density at radius 3 is 2.62 bits per heavy atom. The Labute approximate surface area is 125 Å². The number of benzene rings is 1. The van der Waals surface area contributed by atoms with E-state index in [4.69, 9.17) is 0 Å². The number of hydrogen-bond donors (Lipinski definition) is 0. The Kier molecular flexibility index (Phi) is 3.49. The molecule has 0 saturated carbocycles. The van der Waals surface area contributed by atoms with E-state index < -0.39 is 10.0 Å². The van der Waals surface area contributed by atoms with E-state index in [1.165, 1.54) is 4.31 Å². The Morgan fingerprint density at radius 2 is 1.95 bits per heavy atom. The number of rotatable bonds is 3. The fourth-order valence-electron chi connectivity index (χ4n) is 2.75. The van der Waals surface area contributed by atoms with Crippen LogP contribution in [0, 0.1) is 0 Å². The zero-order chi connectivity index (χ0) is 15.0. The van der Waals surface area contributed by atoms with Crippen LogP contribution in [0.5, 0.6) is 0 Å². The molecule has 0 N–H and O–H groups in total. The first kappa shape index (κ1) is 14.1. The predicted molar refractivity (Wildman–Crippen MR) is 81.9 cm³/mol. The molecule has 1 aromatic carbocycles. The maximum absolute atomic E-state index is 12.9. The van der Waals surface area contributed by atoms with Crippen molar-refractivity contribution in [3.63, 3.8) is 0 Å². The molecular formula is C15H19N3O2S. The van der Waals surface area contributed by atoms with Crippen molar-refractivity contribution in [2.45, 2.75) is 31.1 Å². The molecule has 0 unspecified atom stereocenters. The molecule has 1 aliphatic heterocycles. The minimum atomic E-state index is -3.52. The van der Waals surface area contributed by atoms with E-state index in [9.17, 15) is 8.42 Å². The average molecular weight is 305 g/mol. The number of fused-ring (bicyclic) bond motifs is 1. The standard InChI is InChI=1S/C15H19N3O2S/c1-3-12-6-8-14(9-7-12)21(19,20)18-10-4-5-13-11-16-17(2)15(13)18/h6-9,11H,3-5,10H2,1-2H3. The van der Waals surface area contributed by atoms with Crippen LogP contribution in [-0.2, 0) is 29.9 Å². The van der Waals surface area contributed by atoms with Gasteiger partial charge < -0.3 is 0 Å². The summed E-state index contributed by atoms with van der Waals surface area (Å²) in [7, 11) is -1.74. The van der Waals surface area contributed by atoms with Gasteiger partial charge in [-0.1, -0.05) is 19.1 Å². The quantitative estimate of drug-likeness (QED) is 0.873. The summed E-state index contributed by atoms with van der Waals surface area (Å²) in [6.45, 7) is 2.56. The van der Waals surface area contributed by atoms with Crippen molar-refractivity contribution in [2.24, 2.45) is 7.05 Å². The molecule has 6 heteroatoms. The molecule has 5 nitrogen and oxygen atoms in total. The summed E-state index contributed by atoms with van der Waals surface area (Å²) in [6, 6.07) is 7.14. The minimum Gasteiger partial charge on any atom is -0.252 e. The minimum absolute atomic E-state index is 0.341. The van der Waals surface area contributed by atoms with Gasteiger partial charge in [0.05, 0.1) is 11.1 Å². The van der Waals surface area contributed by atoms with Crippen LogP contribution >= 0.6 is 0 Å². The third-order valence-electron chi connectivity index (χ3n) is 3.94. The van der Waals surface area contributed by atoms with Gasteiger partial charge in [-0.3, -0.25) is 4.68 Å². The molecule has 112 valence electrons. The highest BCUT2D eigenvalue weighted by molar-refractivity contribution is 7.92. The lowest BCUT2D eigenvalue weighted by Gasteiger charge is -2.28. The summed E-state index contributed by atoms with van der Waals surface area (Å²) in [6.07, 6.45) is 4.36. The van der Waals surface area contributed by atoms with E-state index in [1.54, 1.807) is 30.1 Å². The van der Waals surface area contributed by atoms with Crippen molar-refractivity contribution in [1.29, 1.82) is 0 Å². The molecule has 0 saturated heterocycles. The van der Waals surface area contributed by atoms with E-state index in [1.807, 2.05) is 12.1 Å². The zero-order valence-corrected chi connectivity index (χ0v) is 13.1. The molecule has 2 aromatic rings. The zero-order valence-electron chi connectivity index (χ0n) is 12.3. The van der Waals surface area contributed by atoms with E-state index in [2.05, 4.69) is 12.0 Å². The summed E-state index contributed by atoms with van der Waals surface area (Å²) in [4.78, 5) is 0.341. The Hall–Kier alpha value is -1.82. The lowest BCUT2D eigenvalue weighted by molar-refractivity contribution is 0.582. The van der Waals surface area contributed by atoms with Crippen LogP contribution in [0.4, 0.5) is 5.82 Å². The number of sulfonamides is 1. The van der Waals surface area contributed by atoms with E-state index in [0.717, 1.165) is 30.4 Å². The summed E-state index contributed by atoms with van der Waals surface area (Å²) < 4.78 is 28.9. The summed E-state index contributed by atoms with van der Waals surface area (Å²) in [5.41, 5.74) is 2.13. The van der Waals surface area contributed by atoms with Crippen molar-refractivity contribution in [3.8, 4) is 0 Å². The third-order valence-corrected chi connectivity index (χ3v) is 5.75. The fraction of sp³-hybridized carbons (Fsp3) is 0.400. The topological polar surface area (TPSA) is 55.2 Å². The smallest absolute Gasteiger partial charge is 0.252 e. The van der Waals surface area contributed by atoms with Gasteiger partial charge in [-0.05, 0) is 37.0 Å². The van der Waals surface area contributed by atoms with Gasteiger partial charge in [0, 0.05) is 19.2 Å². The molecule has 0 radical (unpaired) electrons. The number of hydrogen-bond acceptors (Lipinski definition) is 3. The predicted octanol–water partition coefficient (Wildman–Crippen LogP) is 2.12. The van der Waals surface area contributed by atoms with Crippen LogP contribution in [0.2, 0.25) is 0 Å². The lowest BCUT2D eigenvalue weighted by Crippen LogP contribution is -2.36. The molecule has 0 amide bonds. The van der Waals surface area contributed by atoms with Gasteiger partial charge >= 0.3 is 0 Å². The maximum atomic E-state index is 12.9. The maximum Gasteiger partial charge on any atom is 0.265 e. The van der Waals surface area contributed by atoms with E-state index >= 15 is 0 Å². The normalized spacial score (nSPS) is 15.0. The summed E-state index contributed by atoms with van der Waals surface area (Å²) in [5, 5.41) is 4.19. The highest BCUT2D eigenvalue weighted by atomic mass is 32.2. The number of nitrogens with zero attached hydrogens (tertiary/aromatic N) is 3. The van der Waals surface area contributed by atoms with Gasteiger partial charge in [0.2, 0.25) is 0 Å². The average Bonchev–Trinajstić information content (AvgIpc) is 2.89. The molecule has 0 aliphatic carbocycles. The fourth-order valence-corrected chi connectivity index (χ4v) is 4.32. The second-order valence-electron chi connectivity index (χ2n) is 5.30. The summed E-state index contributed by atoms with van der Waals surface area (Å²) >= 11 is 0. The monoisotopic (exact) mass is 305 g/mol. The molecule has 0 atom stereocenters. The second-order valence-corrected chi connectivity index (χ2v) is 7.16. The third kappa shape index (κ3) is 2.33. The van der Waals surface area contributed by atoms with Crippen LogP contribution in [0.15, 0.2) is 35.4 Å².